The SMILES string of the molecule is Cc1cn(C2C=CC(COP3(=O)OCc4cc(C(C)(C)C)cc(C(C)(C)C)c4O3)O2)c(=O)[nH]c1=O. The van der Waals surface area contributed by atoms with E-state index in [1.54, 1.807) is 19.1 Å². The zero-order chi connectivity index (χ0) is 25.8. The van der Waals surface area contributed by atoms with Crippen molar-refractivity contribution >= 4 is 7.82 Å². The van der Waals surface area contributed by atoms with Gasteiger partial charge in [-0.2, -0.15) is 0 Å². The van der Waals surface area contributed by atoms with Gasteiger partial charge in [-0.05, 0) is 35.5 Å². The number of nitrogens with one attached hydrogen (secondary N) is 1. The monoisotopic (exact) mass is 504 g/mol. The van der Waals surface area contributed by atoms with Crippen LogP contribution in [-0.2, 0) is 35.8 Å². The second kappa shape index (κ2) is 8.89. The molecule has 0 spiro atoms. The molecule has 1 aromatic heterocycles. The Balaban J connectivity index is 1.49. The van der Waals surface area contributed by atoms with E-state index in [1.165, 1.54) is 10.8 Å². The van der Waals surface area contributed by atoms with Crippen LogP contribution in [0, 0.1) is 6.92 Å². The summed E-state index contributed by atoms with van der Waals surface area (Å²) in [5.74, 6) is 0.538. The largest absolute Gasteiger partial charge is 0.530 e. The highest BCUT2D eigenvalue weighted by Crippen LogP contribution is 2.57. The molecule has 0 saturated carbocycles. The number of fused-ring (bicyclic) bond motifs is 1. The fraction of sp³-hybridized carbons (Fsp3) is 0.520. The van der Waals surface area contributed by atoms with Gasteiger partial charge in [-0.3, -0.25) is 23.4 Å². The smallest absolute Gasteiger partial charge is 0.403 e. The van der Waals surface area contributed by atoms with Crippen LogP contribution in [0.2, 0.25) is 0 Å². The zero-order valence-corrected chi connectivity index (χ0v) is 22.1. The molecule has 2 aliphatic rings. The Bertz CT molecular complexity index is 1330. The van der Waals surface area contributed by atoms with Gasteiger partial charge >= 0.3 is 13.5 Å². The molecule has 0 radical (unpaired) electrons. The Morgan fingerprint density at radius 2 is 1.83 bits per heavy atom. The van der Waals surface area contributed by atoms with Crippen LogP contribution in [0.5, 0.6) is 5.75 Å². The number of rotatable bonds is 4. The van der Waals surface area contributed by atoms with Crippen LogP contribution < -0.4 is 15.8 Å². The van der Waals surface area contributed by atoms with Gasteiger partial charge in [0.25, 0.3) is 5.56 Å². The van der Waals surface area contributed by atoms with Crippen molar-refractivity contribution in [3.8, 4) is 5.75 Å². The fourth-order valence-electron chi connectivity index (χ4n) is 3.93. The molecule has 3 heterocycles. The molecule has 3 atom stereocenters. The van der Waals surface area contributed by atoms with Crippen LogP contribution in [0.1, 0.15) is 70.0 Å². The van der Waals surface area contributed by atoms with E-state index < -0.39 is 31.4 Å². The van der Waals surface area contributed by atoms with Crippen LogP contribution in [0.3, 0.4) is 0 Å². The van der Waals surface area contributed by atoms with E-state index in [4.69, 9.17) is 18.3 Å². The molecule has 190 valence electrons. The molecular weight excluding hydrogens is 471 g/mol. The van der Waals surface area contributed by atoms with Gasteiger partial charge in [0.1, 0.15) is 11.9 Å². The lowest BCUT2D eigenvalue weighted by Crippen LogP contribution is -2.33. The minimum Gasteiger partial charge on any atom is -0.403 e. The lowest BCUT2D eigenvalue weighted by Gasteiger charge is -2.33. The third-order valence-corrected chi connectivity index (χ3v) is 7.36. The van der Waals surface area contributed by atoms with Gasteiger partial charge in [-0.15, -0.1) is 0 Å². The zero-order valence-electron chi connectivity index (χ0n) is 21.2. The third kappa shape index (κ3) is 5.38. The molecular formula is C25H33N2O7P. The Morgan fingerprint density at radius 3 is 2.49 bits per heavy atom. The molecule has 1 N–H and O–H groups in total. The Labute approximate surface area is 204 Å². The quantitative estimate of drug-likeness (QED) is 0.478. The fourth-order valence-corrected chi connectivity index (χ4v) is 5.17. The maximum Gasteiger partial charge on any atom is 0.530 e. The number of phosphoric acid groups is 1. The molecule has 4 rings (SSSR count). The number of aromatic amines is 1. The van der Waals surface area contributed by atoms with Crippen molar-refractivity contribution in [1.82, 2.24) is 9.55 Å². The van der Waals surface area contributed by atoms with Crippen LogP contribution >= 0.6 is 7.82 Å². The van der Waals surface area contributed by atoms with E-state index in [2.05, 4.69) is 52.6 Å². The summed E-state index contributed by atoms with van der Waals surface area (Å²) in [5.41, 5.74) is 1.97. The number of ether oxygens (including phenoxy) is 1. The molecule has 0 aliphatic carbocycles. The van der Waals surface area contributed by atoms with Crippen LogP contribution in [0.4, 0.5) is 0 Å². The first-order valence-electron chi connectivity index (χ1n) is 11.6. The summed E-state index contributed by atoms with van der Waals surface area (Å²) in [6, 6.07) is 4.14. The number of hydrogen-bond acceptors (Lipinski definition) is 7. The van der Waals surface area contributed by atoms with Crippen LogP contribution in [0.25, 0.3) is 0 Å². The number of H-pyrrole nitrogens is 1. The van der Waals surface area contributed by atoms with E-state index in [9.17, 15) is 14.2 Å². The van der Waals surface area contributed by atoms with E-state index in [0.29, 0.717) is 11.3 Å². The van der Waals surface area contributed by atoms with Gasteiger partial charge in [-0.1, -0.05) is 53.7 Å². The summed E-state index contributed by atoms with van der Waals surface area (Å²) < 4.78 is 37.6. The normalized spacial score (nSPS) is 24.3. The topological polar surface area (TPSA) is 109 Å². The van der Waals surface area contributed by atoms with Crippen molar-refractivity contribution in [3.63, 3.8) is 0 Å². The van der Waals surface area contributed by atoms with Gasteiger partial charge in [0, 0.05) is 22.9 Å². The highest BCUT2D eigenvalue weighted by Gasteiger charge is 2.39. The van der Waals surface area contributed by atoms with Crippen molar-refractivity contribution in [3.05, 3.63) is 73.6 Å². The van der Waals surface area contributed by atoms with Gasteiger partial charge in [0.2, 0.25) is 0 Å². The number of benzene rings is 1. The number of aromatic nitrogens is 2. The summed E-state index contributed by atoms with van der Waals surface area (Å²) in [4.78, 5) is 26.0. The maximum absolute atomic E-state index is 13.4. The number of phosphoric ester groups is 1. The minimum absolute atomic E-state index is 0.0678. The van der Waals surface area contributed by atoms with E-state index in [1.807, 2.05) is 6.07 Å². The van der Waals surface area contributed by atoms with Crippen molar-refractivity contribution < 1.29 is 22.9 Å². The van der Waals surface area contributed by atoms with Gasteiger partial charge < -0.3 is 9.26 Å². The van der Waals surface area contributed by atoms with E-state index >= 15 is 0 Å². The summed E-state index contributed by atoms with van der Waals surface area (Å²) in [5, 5.41) is 0. The molecule has 0 fully saturated rings. The standard InChI is InChI=1S/C25H33N2O7P/c1-15-12-27(23(29)26-22(15)28)20-9-8-18(33-20)14-32-35(30)31-13-16-10-17(24(2,3)4)11-19(21(16)34-35)25(5,6)7/h8-12,18,20H,13-14H2,1-7H3,(H,26,28,29). The molecule has 0 bridgehead atoms. The summed E-state index contributed by atoms with van der Waals surface area (Å²) >= 11 is 0. The van der Waals surface area contributed by atoms with Gasteiger partial charge in [-0.25, -0.2) is 9.36 Å². The van der Waals surface area contributed by atoms with Crippen LogP contribution in [-0.4, -0.2) is 22.3 Å². The first-order chi connectivity index (χ1) is 16.2. The molecule has 3 unspecified atom stereocenters. The number of nitrogens with zero attached hydrogens (tertiary/aromatic N) is 1. The molecule has 10 heteroatoms. The highest BCUT2D eigenvalue weighted by atomic mass is 31.2. The first-order valence-corrected chi connectivity index (χ1v) is 13.0. The van der Waals surface area contributed by atoms with Gasteiger partial charge in [0.05, 0.1) is 13.2 Å². The summed E-state index contributed by atoms with van der Waals surface area (Å²) in [6.45, 7) is 14.3. The Hall–Kier alpha value is -2.45. The second-order valence-corrected chi connectivity index (χ2v) is 12.6. The molecule has 9 nitrogen and oxygen atoms in total. The average Bonchev–Trinajstić information content (AvgIpc) is 3.21. The predicted molar refractivity (Wildman–Crippen MR) is 132 cm³/mol. The molecule has 1 aromatic carbocycles. The lowest BCUT2D eigenvalue weighted by atomic mass is 9.79. The Morgan fingerprint density at radius 1 is 1.11 bits per heavy atom. The summed E-state index contributed by atoms with van der Waals surface area (Å²) in [7, 11) is -3.90. The number of aryl methyl sites for hydroxylation is 1. The van der Waals surface area contributed by atoms with Crippen molar-refractivity contribution in [2.24, 2.45) is 0 Å². The van der Waals surface area contributed by atoms with E-state index in [0.717, 1.165) is 16.7 Å². The molecule has 0 amide bonds. The lowest BCUT2D eigenvalue weighted by molar-refractivity contribution is -0.0131. The molecule has 0 saturated heterocycles. The summed E-state index contributed by atoms with van der Waals surface area (Å²) in [6.07, 6.45) is 3.52. The Kier molecular flexibility index (Phi) is 6.51. The molecule has 35 heavy (non-hydrogen) atoms. The van der Waals surface area contributed by atoms with Crippen LogP contribution in [0.15, 0.2) is 40.1 Å². The molecule has 2 aliphatic heterocycles. The third-order valence-electron chi connectivity index (χ3n) is 6.04. The highest BCUT2D eigenvalue weighted by molar-refractivity contribution is 7.49. The van der Waals surface area contributed by atoms with Crippen molar-refractivity contribution in [1.29, 1.82) is 0 Å². The minimum atomic E-state index is -3.90. The first kappa shape index (κ1) is 25.6. The predicted octanol–water partition coefficient (Wildman–Crippen LogP) is 4.63. The van der Waals surface area contributed by atoms with Gasteiger partial charge in [0.15, 0.2) is 6.23 Å². The maximum atomic E-state index is 13.4. The molecule has 2 aromatic rings. The van der Waals surface area contributed by atoms with Crippen molar-refractivity contribution in [2.45, 2.75) is 78.2 Å². The second-order valence-electron chi connectivity index (χ2n) is 11.0. The van der Waals surface area contributed by atoms with E-state index in [-0.39, 0.29) is 24.0 Å². The average molecular weight is 505 g/mol. The number of hydrogen-bond donors (Lipinski definition) is 1. The van der Waals surface area contributed by atoms with Crippen molar-refractivity contribution in [2.75, 3.05) is 6.61 Å².